The highest BCUT2D eigenvalue weighted by Gasteiger charge is 2.18. The molecule has 0 fully saturated rings. The minimum Gasteiger partial charge on any atom is -0.378 e. The summed E-state index contributed by atoms with van der Waals surface area (Å²) in [6.07, 6.45) is 11.6. The summed E-state index contributed by atoms with van der Waals surface area (Å²) in [6, 6.07) is 12.4. The van der Waals surface area contributed by atoms with Gasteiger partial charge in [-0.2, -0.15) is 5.10 Å². The molecule has 3 aromatic heterocycles. The van der Waals surface area contributed by atoms with Crippen molar-refractivity contribution in [2.75, 3.05) is 5.32 Å². The third-order valence-corrected chi connectivity index (χ3v) is 5.20. The number of aromatic amines is 1. The monoisotopic (exact) mass is 409 g/mol. The molecule has 0 bridgehead atoms. The molecule has 1 aliphatic heterocycles. The maximum Gasteiger partial charge on any atom is 0.155 e. The van der Waals surface area contributed by atoms with Gasteiger partial charge in [0.05, 0.1) is 23.6 Å². The lowest BCUT2D eigenvalue weighted by molar-refractivity contribution is 0.775. The zero-order chi connectivity index (χ0) is 21.2. The molecule has 1 aliphatic rings. The fourth-order valence-corrected chi connectivity index (χ4v) is 3.64. The third kappa shape index (κ3) is 3.85. The fraction of sp³-hybridized carbons (Fsp3) is 0.125. The number of rotatable bonds is 6. The van der Waals surface area contributed by atoms with Gasteiger partial charge in [0.1, 0.15) is 12.2 Å². The van der Waals surface area contributed by atoms with E-state index in [1.54, 1.807) is 10.8 Å². The molecule has 31 heavy (non-hydrogen) atoms. The van der Waals surface area contributed by atoms with Crippen LogP contribution in [0.2, 0.25) is 0 Å². The molecule has 3 N–H and O–H groups in total. The predicted octanol–water partition coefficient (Wildman–Crippen LogP) is 4.26. The molecule has 0 saturated heterocycles. The first kappa shape index (κ1) is 18.9. The van der Waals surface area contributed by atoms with Gasteiger partial charge in [0.15, 0.2) is 5.65 Å². The molecule has 7 nitrogen and oxygen atoms in total. The zero-order valence-electron chi connectivity index (χ0n) is 17.2. The van der Waals surface area contributed by atoms with Crippen LogP contribution < -0.4 is 10.6 Å². The van der Waals surface area contributed by atoms with E-state index in [0.717, 1.165) is 45.4 Å². The Kier molecular flexibility index (Phi) is 4.84. The molecular weight excluding hydrogens is 386 g/mol. The smallest absolute Gasteiger partial charge is 0.155 e. The molecule has 0 aliphatic carbocycles. The lowest BCUT2D eigenvalue weighted by Crippen LogP contribution is -2.24. The van der Waals surface area contributed by atoms with Gasteiger partial charge in [-0.15, -0.1) is 0 Å². The molecule has 0 radical (unpaired) electrons. The zero-order valence-corrected chi connectivity index (χ0v) is 17.2. The van der Waals surface area contributed by atoms with Gasteiger partial charge in [0.25, 0.3) is 0 Å². The molecule has 0 spiro atoms. The van der Waals surface area contributed by atoms with Crippen molar-refractivity contribution in [1.29, 1.82) is 0 Å². The Labute approximate surface area is 180 Å². The van der Waals surface area contributed by atoms with Crippen molar-refractivity contribution in [3.05, 3.63) is 90.8 Å². The van der Waals surface area contributed by atoms with E-state index in [0.29, 0.717) is 6.54 Å². The second kappa shape index (κ2) is 7.95. The summed E-state index contributed by atoms with van der Waals surface area (Å²) in [5.74, 6) is 0.845. The van der Waals surface area contributed by atoms with Crippen molar-refractivity contribution in [2.24, 2.45) is 0 Å². The number of H-pyrrole nitrogens is 1. The maximum atomic E-state index is 4.92. The number of dihydropyridines is 1. The first-order chi connectivity index (χ1) is 15.2. The number of nitrogens with one attached hydrogen (secondary N) is 3. The van der Waals surface area contributed by atoms with Crippen molar-refractivity contribution in [3.63, 3.8) is 0 Å². The van der Waals surface area contributed by atoms with Crippen molar-refractivity contribution >= 4 is 23.1 Å². The van der Waals surface area contributed by atoms with Crippen LogP contribution in [0.15, 0.2) is 73.7 Å². The molecular formula is C24H23N7. The molecule has 154 valence electrons. The van der Waals surface area contributed by atoms with Crippen LogP contribution in [0.5, 0.6) is 0 Å². The first-order valence-corrected chi connectivity index (χ1v) is 10.2. The Morgan fingerprint density at radius 1 is 1.26 bits per heavy atom. The lowest BCUT2D eigenvalue weighted by atomic mass is 10.1. The van der Waals surface area contributed by atoms with E-state index in [1.165, 1.54) is 0 Å². The van der Waals surface area contributed by atoms with Gasteiger partial charge in [-0.3, -0.25) is 0 Å². The van der Waals surface area contributed by atoms with Crippen LogP contribution in [0, 0.1) is 0 Å². The lowest BCUT2D eigenvalue weighted by Gasteiger charge is -2.18. The average Bonchev–Trinajstić information content (AvgIpc) is 3.44. The van der Waals surface area contributed by atoms with E-state index in [-0.39, 0.29) is 6.04 Å². The number of hydrogen-bond acceptors (Lipinski definition) is 5. The van der Waals surface area contributed by atoms with Gasteiger partial charge < -0.3 is 15.6 Å². The molecule has 4 heterocycles. The Balaban J connectivity index is 1.50. The van der Waals surface area contributed by atoms with Crippen LogP contribution in [0.4, 0.5) is 5.69 Å². The predicted molar refractivity (Wildman–Crippen MR) is 124 cm³/mol. The molecule has 7 heteroatoms. The van der Waals surface area contributed by atoms with E-state index in [4.69, 9.17) is 4.98 Å². The van der Waals surface area contributed by atoms with Crippen molar-refractivity contribution in [2.45, 2.75) is 19.5 Å². The van der Waals surface area contributed by atoms with Gasteiger partial charge in [0.2, 0.25) is 0 Å². The van der Waals surface area contributed by atoms with E-state index in [1.807, 2.05) is 42.6 Å². The van der Waals surface area contributed by atoms with Crippen LogP contribution >= 0.6 is 0 Å². The third-order valence-electron chi connectivity index (χ3n) is 5.20. The summed E-state index contributed by atoms with van der Waals surface area (Å²) in [5, 5.41) is 11.2. The molecule has 4 aromatic rings. The minimum atomic E-state index is 0.247. The van der Waals surface area contributed by atoms with Crippen molar-refractivity contribution in [3.8, 4) is 11.3 Å². The Morgan fingerprint density at radius 2 is 2.19 bits per heavy atom. The van der Waals surface area contributed by atoms with Gasteiger partial charge in [-0.1, -0.05) is 36.9 Å². The number of anilines is 1. The van der Waals surface area contributed by atoms with E-state index < -0.39 is 0 Å². The molecule has 1 atom stereocenters. The van der Waals surface area contributed by atoms with Crippen LogP contribution in [-0.2, 0) is 6.54 Å². The number of hydrogen-bond donors (Lipinski definition) is 3. The summed E-state index contributed by atoms with van der Waals surface area (Å²) in [5.41, 5.74) is 6.70. The van der Waals surface area contributed by atoms with Gasteiger partial charge in [-0.25, -0.2) is 14.5 Å². The Hall–Kier alpha value is -4.13. The van der Waals surface area contributed by atoms with Crippen LogP contribution in [-0.4, -0.2) is 30.6 Å². The first-order valence-electron chi connectivity index (χ1n) is 10.2. The maximum absolute atomic E-state index is 4.92. The topological polar surface area (TPSA) is 82.9 Å². The summed E-state index contributed by atoms with van der Waals surface area (Å²) in [4.78, 5) is 12.7. The van der Waals surface area contributed by atoms with E-state index >= 15 is 0 Å². The number of fused-ring (bicyclic) bond motifs is 1. The van der Waals surface area contributed by atoms with Crippen LogP contribution in [0.25, 0.3) is 28.7 Å². The number of allylic oxidation sites excluding steroid dienone is 2. The largest absolute Gasteiger partial charge is 0.378 e. The van der Waals surface area contributed by atoms with Gasteiger partial charge in [0, 0.05) is 23.5 Å². The highest BCUT2D eigenvalue weighted by atomic mass is 15.3. The summed E-state index contributed by atoms with van der Waals surface area (Å²) in [7, 11) is 0. The van der Waals surface area contributed by atoms with E-state index in [9.17, 15) is 0 Å². The molecule has 0 saturated carbocycles. The van der Waals surface area contributed by atoms with Gasteiger partial charge >= 0.3 is 0 Å². The quantitative estimate of drug-likeness (QED) is 0.443. The number of aromatic nitrogens is 5. The summed E-state index contributed by atoms with van der Waals surface area (Å²) in [6.45, 7) is 6.53. The van der Waals surface area contributed by atoms with Gasteiger partial charge in [-0.05, 0) is 42.8 Å². The molecule has 0 amide bonds. The fourth-order valence-electron chi connectivity index (χ4n) is 3.64. The highest BCUT2D eigenvalue weighted by Crippen LogP contribution is 2.28. The average molecular weight is 409 g/mol. The molecule has 1 unspecified atom stereocenters. The number of benzene rings is 1. The summed E-state index contributed by atoms with van der Waals surface area (Å²) < 4.78 is 1.76. The standard InChI is InChI=1S/C24H23N7/c1-3-17-7-5-8-19(12-17)25-13-21-29-23(18-10-11-22-26-15-27-31(22)14-18)24(30-21)20-9-4-6-16(2)28-20/h3-12,14-16,25,28H,1,13H2,2H3,(H,29,30). The Morgan fingerprint density at radius 3 is 3.06 bits per heavy atom. The van der Waals surface area contributed by atoms with Crippen LogP contribution in [0.1, 0.15) is 24.0 Å². The highest BCUT2D eigenvalue weighted by molar-refractivity contribution is 5.78. The summed E-state index contributed by atoms with van der Waals surface area (Å²) >= 11 is 0. The second-order valence-corrected chi connectivity index (χ2v) is 7.47. The second-order valence-electron chi connectivity index (χ2n) is 7.47. The number of pyridine rings is 1. The van der Waals surface area contributed by atoms with Crippen molar-refractivity contribution in [1.82, 2.24) is 29.9 Å². The van der Waals surface area contributed by atoms with Crippen molar-refractivity contribution < 1.29 is 0 Å². The normalized spacial score (nSPS) is 15.5. The van der Waals surface area contributed by atoms with E-state index in [2.05, 4.69) is 63.5 Å². The number of imidazole rings is 1. The molecule has 5 rings (SSSR count). The van der Waals surface area contributed by atoms with Crippen LogP contribution in [0.3, 0.4) is 0 Å². The number of nitrogens with zero attached hydrogens (tertiary/aromatic N) is 4. The minimum absolute atomic E-state index is 0.247. The SMILES string of the molecule is C=Cc1cccc(NCc2nc(-c3ccc4ncnn4c3)c(C3=CC=CC(C)N3)[nH]2)c1. The Bertz CT molecular complexity index is 1310. The molecule has 1 aromatic carbocycles.